The molecule has 3 N–H and O–H groups in total. The van der Waals surface area contributed by atoms with Gasteiger partial charge < -0.3 is 16.0 Å². The molecule has 0 saturated carbocycles. The van der Waals surface area contributed by atoms with Crippen molar-refractivity contribution in [3.05, 3.63) is 84.3 Å². The number of benzene rings is 2. The maximum absolute atomic E-state index is 11.6. The van der Waals surface area contributed by atoms with E-state index in [2.05, 4.69) is 32.0 Å². The molecular formula is C25H20N8O. The van der Waals surface area contributed by atoms with E-state index < -0.39 is 0 Å². The highest BCUT2D eigenvalue weighted by atomic mass is 16.2. The number of urea groups is 1. The van der Waals surface area contributed by atoms with E-state index in [1.165, 1.54) is 0 Å². The summed E-state index contributed by atoms with van der Waals surface area (Å²) in [7, 11) is 1.57. The molecule has 0 fully saturated rings. The van der Waals surface area contributed by atoms with Gasteiger partial charge in [-0.2, -0.15) is 5.26 Å². The lowest BCUT2D eigenvalue weighted by atomic mass is 10.1. The van der Waals surface area contributed by atoms with Crippen LogP contribution in [0.15, 0.2) is 73.2 Å². The Bertz CT molecular complexity index is 1540. The second kappa shape index (κ2) is 8.88. The smallest absolute Gasteiger partial charge is 0.318 e. The zero-order chi connectivity index (χ0) is 23.5. The number of aromatic nitrogens is 4. The quantitative estimate of drug-likeness (QED) is 0.371. The van der Waals surface area contributed by atoms with Crippen LogP contribution in [-0.4, -0.2) is 32.4 Å². The Labute approximate surface area is 195 Å². The van der Waals surface area contributed by atoms with Gasteiger partial charge in [0.2, 0.25) is 0 Å². The number of hydrogen-bond donors (Lipinski definition) is 3. The van der Waals surface area contributed by atoms with Crippen LogP contribution in [0.5, 0.6) is 0 Å². The van der Waals surface area contributed by atoms with Gasteiger partial charge in [-0.25, -0.2) is 14.8 Å². The standard InChI is InChI=1S/C25H20N8O/c1-27-25(34)31-19-7-5-18(6-8-19)22-15-30-24-23(29-14-17-3-2-10-28-13-17)32-20-11-16(12-26)4-9-21(20)33(22)24/h2-11,13,15H,14H2,1H3,(H,29,32)(H2,27,31,34). The van der Waals surface area contributed by atoms with E-state index in [0.717, 1.165) is 22.3 Å². The number of carbonyl (C=O) groups is 1. The van der Waals surface area contributed by atoms with E-state index in [-0.39, 0.29) is 6.03 Å². The lowest BCUT2D eigenvalue weighted by Gasteiger charge is -2.12. The summed E-state index contributed by atoms with van der Waals surface area (Å²) in [5.41, 5.74) is 6.19. The fourth-order valence-electron chi connectivity index (χ4n) is 3.73. The first-order valence-corrected chi connectivity index (χ1v) is 10.6. The first-order chi connectivity index (χ1) is 16.7. The molecule has 3 heterocycles. The molecule has 0 unspecified atom stereocenters. The minimum Gasteiger partial charge on any atom is -0.363 e. The third-order valence-corrected chi connectivity index (χ3v) is 5.40. The molecular weight excluding hydrogens is 428 g/mol. The van der Waals surface area contributed by atoms with Crippen molar-refractivity contribution >= 4 is 34.2 Å². The van der Waals surface area contributed by atoms with Crippen LogP contribution in [0.2, 0.25) is 0 Å². The molecule has 0 aliphatic rings. The van der Waals surface area contributed by atoms with E-state index in [9.17, 15) is 10.1 Å². The Balaban J connectivity index is 1.61. The molecule has 0 bridgehead atoms. The average molecular weight is 448 g/mol. The zero-order valence-electron chi connectivity index (χ0n) is 18.3. The summed E-state index contributed by atoms with van der Waals surface area (Å²) in [6, 6.07) is 18.7. The Morgan fingerprint density at radius 2 is 1.97 bits per heavy atom. The molecule has 9 heteroatoms. The molecule has 3 aromatic heterocycles. The van der Waals surface area contributed by atoms with E-state index in [1.807, 2.05) is 46.9 Å². The highest BCUT2D eigenvalue weighted by Crippen LogP contribution is 2.29. The fourth-order valence-corrected chi connectivity index (χ4v) is 3.73. The lowest BCUT2D eigenvalue weighted by Crippen LogP contribution is -2.24. The Morgan fingerprint density at radius 3 is 2.71 bits per heavy atom. The van der Waals surface area contributed by atoms with Crippen molar-refractivity contribution < 1.29 is 4.79 Å². The number of anilines is 2. The summed E-state index contributed by atoms with van der Waals surface area (Å²) in [5, 5.41) is 18.0. The molecule has 0 spiro atoms. The predicted molar refractivity (Wildman–Crippen MR) is 130 cm³/mol. The largest absolute Gasteiger partial charge is 0.363 e. The van der Waals surface area contributed by atoms with Crippen molar-refractivity contribution in [3.63, 3.8) is 0 Å². The van der Waals surface area contributed by atoms with Crippen molar-refractivity contribution in [2.24, 2.45) is 0 Å². The number of nitriles is 1. The van der Waals surface area contributed by atoms with Crippen LogP contribution >= 0.6 is 0 Å². The first-order valence-electron chi connectivity index (χ1n) is 10.6. The van der Waals surface area contributed by atoms with Crippen LogP contribution in [0.1, 0.15) is 11.1 Å². The molecule has 9 nitrogen and oxygen atoms in total. The second-order valence-electron chi connectivity index (χ2n) is 7.57. The molecule has 166 valence electrons. The van der Waals surface area contributed by atoms with Gasteiger partial charge in [0.1, 0.15) is 0 Å². The van der Waals surface area contributed by atoms with E-state index in [4.69, 9.17) is 4.98 Å². The third kappa shape index (κ3) is 3.96. The van der Waals surface area contributed by atoms with Crippen LogP contribution in [0.25, 0.3) is 27.9 Å². The maximum atomic E-state index is 11.6. The van der Waals surface area contributed by atoms with Crippen molar-refractivity contribution in [1.82, 2.24) is 24.7 Å². The number of imidazole rings is 1. The van der Waals surface area contributed by atoms with Gasteiger partial charge in [-0.3, -0.25) is 9.38 Å². The number of fused-ring (bicyclic) bond motifs is 3. The number of amides is 2. The number of carbonyl (C=O) groups excluding carboxylic acids is 1. The monoisotopic (exact) mass is 448 g/mol. The summed E-state index contributed by atoms with van der Waals surface area (Å²) in [6.07, 6.45) is 5.32. The number of nitrogens with zero attached hydrogens (tertiary/aromatic N) is 5. The highest BCUT2D eigenvalue weighted by Gasteiger charge is 2.15. The summed E-state index contributed by atoms with van der Waals surface area (Å²) >= 11 is 0. The van der Waals surface area contributed by atoms with Crippen molar-refractivity contribution in [3.8, 4) is 17.3 Å². The number of hydrogen-bond acceptors (Lipinski definition) is 6. The lowest BCUT2D eigenvalue weighted by molar-refractivity contribution is 0.254. The van der Waals surface area contributed by atoms with Gasteiger partial charge >= 0.3 is 6.03 Å². The predicted octanol–water partition coefficient (Wildman–Crippen LogP) is 4.18. The van der Waals surface area contributed by atoms with Crippen LogP contribution in [0, 0.1) is 11.3 Å². The molecule has 34 heavy (non-hydrogen) atoms. The third-order valence-electron chi connectivity index (χ3n) is 5.40. The van der Waals surface area contributed by atoms with E-state index in [0.29, 0.717) is 34.8 Å². The Hall–Kier alpha value is -4.97. The van der Waals surface area contributed by atoms with Gasteiger partial charge in [-0.05, 0) is 42.0 Å². The van der Waals surface area contributed by atoms with Gasteiger partial charge in [0, 0.05) is 37.2 Å². The van der Waals surface area contributed by atoms with E-state index in [1.54, 1.807) is 37.8 Å². The molecule has 2 amide bonds. The van der Waals surface area contributed by atoms with Crippen LogP contribution in [0.4, 0.5) is 16.3 Å². The second-order valence-corrected chi connectivity index (χ2v) is 7.57. The van der Waals surface area contributed by atoms with Crippen LogP contribution in [0.3, 0.4) is 0 Å². The molecule has 5 aromatic rings. The summed E-state index contributed by atoms with van der Waals surface area (Å²) in [5.74, 6) is 0.607. The first kappa shape index (κ1) is 20.9. The Morgan fingerprint density at radius 1 is 1.12 bits per heavy atom. The Kier molecular flexibility index (Phi) is 5.46. The van der Waals surface area contributed by atoms with Gasteiger partial charge in [0.15, 0.2) is 11.5 Å². The molecule has 0 saturated heterocycles. The van der Waals surface area contributed by atoms with Gasteiger partial charge in [-0.15, -0.1) is 0 Å². The number of rotatable bonds is 5. The number of pyridine rings is 1. The fraction of sp³-hybridized carbons (Fsp3) is 0.0800. The summed E-state index contributed by atoms with van der Waals surface area (Å²) in [4.78, 5) is 25.2. The topological polar surface area (TPSA) is 120 Å². The minimum absolute atomic E-state index is 0.280. The van der Waals surface area contributed by atoms with E-state index >= 15 is 0 Å². The van der Waals surface area contributed by atoms with Gasteiger partial charge in [0.05, 0.1) is 34.6 Å². The zero-order valence-corrected chi connectivity index (χ0v) is 18.3. The van der Waals surface area contributed by atoms with Crippen molar-refractivity contribution in [2.45, 2.75) is 6.54 Å². The molecule has 0 aliphatic carbocycles. The molecule has 2 aromatic carbocycles. The maximum Gasteiger partial charge on any atom is 0.318 e. The van der Waals surface area contributed by atoms with Crippen LogP contribution < -0.4 is 16.0 Å². The molecule has 0 aliphatic heterocycles. The van der Waals surface area contributed by atoms with Gasteiger partial charge in [-0.1, -0.05) is 18.2 Å². The summed E-state index contributed by atoms with van der Waals surface area (Å²) in [6.45, 7) is 0.530. The molecule has 0 atom stereocenters. The van der Waals surface area contributed by atoms with Crippen LogP contribution in [-0.2, 0) is 6.54 Å². The number of nitrogens with one attached hydrogen (secondary N) is 3. The van der Waals surface area contributed by atoms with Gasteiger partial charge in [0.25, 0.3) is 0 Å². The minimum atomic E-state index is -0.280. The van der Waals surface area contributed by atoms with Crippen molar-refractivity contribution in [1.29, 1.82) is 5.26 Å². The van der Waals surface area contributed by atoms with Crippen molar-refractivity contribution in [2.75, 3.05) is 17.7 Å². The average Bonchev–Trinajstić information content (AvgIpc) is 3.33. The summed E-state index contributed by atoms with van der Waals surface area (Å²) < 4.78 is 2.02. The highest BCUT2D eigenvalue weighted by molar-refractivity contribution is 5.90. The normalized spacial score (nSPS) is 10.7. The molecule has 5 rings (SSSR count). The SMILES string of the molecule is CNC(=O)Nc1ccc(-c2cnc3c(NCc4cccnc4)nc4cc(C#N)ccc4n23)cc1. The molecule has 0 radical (unpaired) electrons.